The van der Waals surface area contributed by atoms with E-state index in [2.05, 4.69) is 15.1 Å². The third-order valence-electron chi connectivity index (χ3n) is 4.90. The van der Waals surface area contributed by atoms with E-state index < -0.39 is 11.9 Å². The minimum Gasteiger partial charge on any atom is -0.368 e. The van der Waals surface area contributed by atoms with E-state index in [0.29, 0.717) is 35.1 Å². The van der Waals surface area contributed by atoms with Crippen LogP contribution in [-0.2, 0) is 4.79 Å². The lowest BCUT2D eigenvalue weighted by Gasteiger charge is -2.33. The Kier molecular flexibility index (Phi) is 5.26. The van der Waals surface area contributed by atoms with Gasteiger partial charge in [-0.15, -0.1) is 0 Å². The SMILES string of the molecule is NC(=O)C1CCCCN1C(=O)c1cc(-c2ccc(Cl)cn2)n(-c2cccnc2)n1. The maximum absolute atomic E-state index is 13.2. The van der Waals surface area contributed by atoms with Crippen molar-refractivity contribution in [3.05, 3.63) is 59.6 Å². The van der Waals surface area contributed by atoms with E-state index in [4.69, 9.17) is 17.3 Å². The van der Waals surface area contributed by atoms with Crippen LogP contribution in [0.1, 0.15) is 29.8 Å². The smallest absolute Gasteiger partial charge is 0.275 e. The summed E-state index contributed by atoms with van der Waals surface area (Å²) in [7, 11) is 0. The highest BCUT2D eigenvalue weighted by atomic mass is 35.5. The van der Waals surface area contributed by atoms with Gasteiger partial charge in [-0.1, -0.05) is 11.6 Å². The lowest BCUT2D eigenvalue weighted by molar-refractivity contribution is -0.123. The first-order valence-corrected chi connectivity index (χ1v) is 9.65. The topological polar surface area (TPSA) is 107 Å². The van der Waals surface area contributed by atoms with Crippen LogP contribution in [-0.4, -0.2) is 49.0 Å². The number of nitrogens with zero attached hydrogens (tertiary/aromatic N) is 5. The van der Waals surface area contributed by atoms with Crippen LogP contribution in [0.2, 0.25) is 5.02 Å². The minimum absolute atomic E-state index is 0.216. The number of carbonyl (C=O) groups excluding carboxylic acids is 2. The molecule has 0 aromatic carbocycles. The second-order valence-electron chi connectivity index (χ2n) is 6.81. The number of aromatic nitrogens is 4. The molecule has 1 saturated heterocycles. The van der Waals surface area contributed by atoms with E-state index >= 15 is 0 Å². The van der Waals surface area contributed by atoms with Gasteiger partial charge < -0.3 is 10.6 Å². The summed E-state index contributed by atoms with van der Waals surface area (Å²) in [5.41, 5.74) is 7.64. The zero-order valence-electron chi connectivity index (χ0n) is 15.5. The fourth-order valence-corrected chi connectivity index (χ4v) is 3.60. The van der Waals surface area contributed by atoms with Crippen molar-refractivity contribution < 1.29 is 9.59 Å². The minimum atomic E-state index is -0.614. The number of primary amides is 1. The highest BCUT2D eigenvalue weighted by Crippen LogP contribution is 2.25. The van der Waals surface area contributed by atoms with Crippen molar-refractivity contribution in [2.75, 3.05) is 6.54 Å². The molecule has 8 nitrogen and oxygen atoms in total. The Morgan fingerprint density at radius 2 is 2.03 bits per heavy atom. The van der Waals surface area contributed by atoms with Crippen molar-refractivity contribution in [3.63, 3.8) is 0 Å². The second-order valence-corrected chi connectivity index (χ2v) is 7.25. The number of pyridine rings is 2. The Hall–Kier alpha value is -3.26. The average molecular weight is 411 g/mol. The molecule has 9 heteroatoms. The van der Waals surface area contributed by atoms with Crippen LogP contribution in [0.4, 0.5) is 0 Å². The van der Waals surface area contributed by atoms with Crippen molar-refractivity contribution in [3.8, 4) is 17.1 Å². The lowest BCUT2D eigenvalue weighted by atomic mass is 10.0. The summed E-state index contributed by atoms with van der Waals surface area (Å²) in [6, 6.07) is 8.15. The monoisotopic (exact) mass is 410 g/mol. The van der Waals surface area contributed by atoms with Gasteiger partial charge in [-0.2, -0.15) is 5.10 Å². The first-order valence-electron chi connectivity index (χ1n) is 9.27. The van der Waals surface area contributed by atoms with Gasteiger partial charge >= 0.3 is 0 Å². The van der Waals surface area contributed by atoms with Gasteiger partial charge in [0, 0.05) is 18.9 Å². The quantitative estimate of drug-likeness (QED) is 0.710. The normalized spacial score (nSPS) is 16.6. The van der Waals surface area contributed by atoms with Crippen LogP contribution in [0.5, 0.6) is 0 Å². The second kappa shape index (κ2) is 8.00. The Labute approximate surface area is 172 Å². The molecule has 0 spiro atoms. The Morgan fingerprint density at radius 1 is 1.17 bits per heavy atom. The zero-order chi connectivity index (χ0) is 20.4. The molecule has 0 aliphatic carbocycles. The fraction of sp³-hybridized carbons (Fsp3) is 0.250. The molecule has 2 N–H and O–H groups in total. The highest BCUT2D eigenvalue weighted by molar-refractivity contribution is 6.30. The average Bonchev–Trinajstić information content (AvgIpc) is 3.20. The maximum atomic E-state index is 13.2. The van der Waals surface area contributed by atoms with Crippen LogP contribution < -0.4 is 5.73 Å². The van der Waals surface area contributed by atoms with Gasteiger partial charge in [0.2, 0.25) is 5.91 Å². The lowest BCUT2D eigenvalue weighted by Crippen LogP contribution is -2.50. The Morgan fingerprint density at radius 3 is 2.72 bits per heavy atom. The van der Waals surface area contributed by atoms with E-state index in [0.717, 1.165) is 12.8 Å². The number of likely N-dealkylation sites (tertiary alicyclic amines) is 1. The zero-order valence-corrected chi connectivity index (χ0v) is 16.3. The van der Waals surface area contributed by atoms with Gasteiger partial charge in [-0.25, -0.2) is 4.68 Å². The molecule has 4 rings (SSSR count). The van der Waals surface area contributed by atoms with E-state index in [-0.39, 0.29) is 11.6 Å². The number of nitrogens with two attached hydrogens (primary N) is 1. The van der Waals surface area contributed by atoms with E-state index in [1.165, 1.54) is 11.1 Å². The third-order valence-corrected chi connectivity index (χ3v) is 5.12. The largest absolute Gasteiger partial charge is 0.368 e. The maximum Gasteiger partial charge on any atom is 0.275 e. The summed E-state index contributed by atoms with van der Waals surface area (Å²) in [5, 5.41) is 5.02. The molecule has 2 amide bonds. The van der Waals surface area contributed by atoms with Crippen molar-refractivity contribution in [2.24, 2.45) is 5.73 Å². The van der Waals surface area contributed by atoms with E-state index in [1.54, 1.807) is 41.3 Å². The number of halogens is 1. The molecule has 1 aliphatic heterocycles. The molecule has 1 fully saturated rings. The molecule has 3 aromatic heterocycles. The molecule has 4 heterocycles. The molecular formula is C20H19ClN6O2. The number of piperidine rings is 1. The molecule has 3 aromatic rings. The summed E-state index contributed by atoms with van der Waals surface area (Å²) in [6.07, 6.45) is 7.09. The summed E-state index contributed by atoms with van der Waals surface area (Å²) in [5.74, 6) is -0.823. The van der Waals surface area contributed by atoms with Crippen molar-refractivity contribution in [1.29, 1.82) is 0 Å². The predicted molar refractivity (Wildman–Crippen MR) is 107 cm³/mol. The highest BCUT2D eigenvalue weighted by Gasteiger charge is 2.33. The van der Waals surface area contributed by atoms with E-state index in [9.17, 15) is 9.59 Å². The van der Waals surface area contributed by atoms with Crippen LogP contribution in [0.15, 0.2) is 48.9 Å². The molecule has 1 unspecified atom stereocenters. The van der Waals surface area contributed by atoms with Crippen LogP contribution >= 0.6 is 11.6 Å². The van der Waals surface area contributed by atoms with Gasteiger partial charge in [0.15, 0.2) is 5.69 Å². The molecule has 0 saturated carbocycles. The number of hydrogen-bond acceptors (Lipinski definition) is 5. The summed E-state index contributed by atoms with van der Waals surface area (Å²) in [6.45, 7) is 0.473. The van der Waals surface area contributed by atoms with Gasteiger partial charge in [0.05, 0.1) is 28.3 Å². The number of rotatable bonds is 4. The van der Waals surface area contributed by atoms with Gasteiger partial charge in [-0.3, -0.25) is 19.6 Å². The van der Waals surface area contributed by atoms with Crippen molar-refractivity contribution in [2.45, 2.75) is 25.3 Å². The number of hydrogen-bond donors (Lipinski definition) is 1. The van der Waals surface area contributed by atoms with Crippen LogP contribution in [0.3, 0.4) is 0 Å². The van der Waals surface area contributed by atoms with E-state index in [1.807, 2.05) is 6.07 Å². The summed E-state index contributed by atoms with van der Waals surface area (Å²) >= 11 is 5.96. The van der Waals surface area contributed by atoms with Crippen LogP contribution in [0, 0.1) is 0 Å². The first kappa shape index (κ1) is 19.1. The predicted octanol–water partition coefficient (Wildman–Crippen LogP) is 2.46. The summed E-state index contributed by atoms with van der Waals surface area (Å²) < 4.78 is 1.61. The van der Waals surface area contributed by atoms with Crippen LogP contribution in [0.25, 0.3) is 17.1 Å². The Balaban J connectivity index is 1.77. The summed E-state index contributed by atoms with van der Waals surface area (Å²) in [4.78, 5) is 35.0. The third kappa shape index (κ3) is 3.84. The Bertz CT molecular complexity index is 1030. The first-order chi connectivity index (χ1) is 14.0. The molecule has 29 heavy (non-hydrogen) atoms. The molecule has 148 valence electrons. The molecule has 0 bridgehead atoms. The molecule has 1 atom stereocenters. The van der Waals surface area contributed by atoms with Crippen molar-refractivity contribution in [1.82, 2.24) is 24.6 Å². The number of carbonyl (C=O) groups is 2. The van der Waals surface area contributed by atoms with Gasteiger partial charge in [-0.05, 0) is 49.6 Å². The fourth-order valence-electron chi connectivity index (χ4n) is 3.49. The van der Waals surface area contributed by atoms with Crippen molar-refractivity contribution >= 4 is 23.4 Å². The molecular weight excluding hydrogens is 392 g/mol. The molecule has 1 aliphatic rings. The van der Waals surface area contributed by atoms with Gasteiger partial charge in [0.1, 0.15) is 6.04 Å². The number of amides is 2. The van der Waals surface area contributed by atoms with Gasteiger partial charge in [0.25, 0.3) is 5.91 Å². The molecule has 0 radical (unpaired) electrons. The standard InChI is InChI=1S/C20H19ClN6O2/c21-13-6-7-15(24-11-13)18-10-16(25-27(18)14-4-3-8-23-12-14)20(29)26-9-2-1-5-17(26)19(22)28/h3-4,6-8,10-12,17H,1-2,5,9H2,(H2,22,28).